The van der Waals surface area contributed by atoms with Gasteiger partial charge in [-0.15, -0.1) is 0 Å². The molecule has 0 radical (unpaired) electrons. The number of hydrogen-bond donors (Lipinski definition) is 0. The highest BCUT2D eigenvalue weighted by Crippen LogP contribution is 2.32. The van der Waals surface area contributed by atoms with E-state index in [0.29, 0.717) is 17.0 Å². The summed E-state index contributed by atoms with van der Waals surface area (Å²) in [6, 6.07) is 0.0809. The van der Waals surface area contributed by atoms with Crippen LogP contribution in [0.5, 0.6) is 0 Å². The summed E-state index contributed by atoms with van der Waals surface area (Å²) >= 11 is 0. The molecule has 0 N–H and O–H groups in total. The van der Waals surface area contributed by atoms with Gasteiger partial charge in [0.2, 0.25) is 0 Å². The number of nitrogens with zero attached hydrogens (tertiary/aromatic N) is 4. The zero-order chi connectivity index (χ0) is 15.7. The van der Waals surface area contributed by atoms with E-state index in [0.717, 1.165) is 37.8 Å². The zero-order valence-electron chi connectivity index (χ0n) is 13.4. The van der Waals surface area contributed by atoms with E-state index in [4.69, 9.17) is 4.52 Å². The van der Waals surface area contributed by atoms with Gasteiger partial charge in [0.1, 0.15) is 11.3 Å². The maximum atomic E-state index is 13.0. The molecule has 0 bridgehead atoms. The topological polar surface area (TPSA) is 64.2 Å². The second-order valence-electron chi connectivity index (χ2n) is 6.01. The summed E-state index contributed by atoms with van der Waals surface area (Å²) in [5.41, 5.74) is 2.37. The number of aromatic nitrogens is 3. The molecule has 6 heteroatoms. The Morgan fingerprint density at radius 1 is 1.32 bits per heavy atom. The highest BCUT2D eigenvalue weighted by atomic mass is 16.5. The van der Waals surface area contributed by atoms with Crippen molar-refractivity contribution in [2.24, 2.45) is 7.05 Å². The van der Waals surface area contributed by atoms with Crippen molar-refractivity contribution < 1.29 is 9.32 Å². The molecule has 1 aliphatic rings. The molecule has 1 saturated heterocycles. The fourth-order valence-corrected chi connectivity index (χ4v) is 3.24. The predicted octanol–water partition coefficient (Wildman–Crippen LogP) is 2.78. The third-order valence-corrected chi connectivity index (χ3v) is 4.37. The van der Waals surface area contributed by atoms with E-state index in [1.807, 2.05) is 31.3 Å². The quantitative estimate of drug-likeness (QED) is 0.855. The van der Waals surface area contributed by atoms with Gasteiger partial charge in [0.15, 0.2) is 0 Å². The highest BCUT2D eigenvalue weighted by Gasteiger charge is 2.31. The molecule has 3 rings (SSSR count). The molecule has 2 aromatic heterocycles. The highest BCUT2D eigenvalue weighted by molar-refractivity contribution is 5.96. The molecule has 0 unspecified atom stereocenters. The Kier molecular flexibility index (Phi) is 4.00. The van der Waals surface area contributed by atoms with Crippen LogP contribution in [0.1, 0.15) is 59.1 Å². The summed E-state index contributed by atoms with van der Waals surface area (Å²) in [5, 5.41) is 8.18. The fraction of sp³-hybridized carbons (Fsp3) is 0.562. The van der Waals surface area contributed by atoms with Crippen LogP contribution in [0.25, 0.3) is 0 Å². The Balaban J connectivity index is 1.95. The first-order valence-corrected chi connectivity index (χ1v) is 7.80. The number of amides is 1. The molecule has 22 heavy (non-hydrogen) atoms. The van der Waals surface area contributed by atoms with Crippen LogP contribution in [-0.4, -0.2) is 32.3 Å². The number of aryl methyl sites for hydroxylation is 3. The van der Waals surface area contributed by atoms with E-state index in [9.17, 15) is 4.79 Å². The Morgan fingerprint density at radius 3 is 2.77 bits per heavy atom. The van der Waals surface area contributed by atoms with Gasteiger partial charge in [-0.3, -0.25) is 9.48 Å². The van der Waals surface area contributed by atoms with Gasteiger partial charge in [0, 0.05) is 25.4 Å². The normalized spacial score (nSPS) is 19.2. The summed E-state index contributed by atoms with van der Waals surface area (Å²) in [4.78, 5) is 15.0. The molecule has 1 amide bonds. The molecule has 0 saturated carbocycles. The van der Waals surface area contributed by atoms with Crippen LogP contribution in [0, 0.1) is 13.8 Å². The Morgan fingerprint density at radius 2 is 2.14 bits per heavy atom. The van der Waals surface area contributed by atoms with Crippen molar-refractivity contribution in [3.8, 4) is 0 Å². The van der Waals surface area contributed by atoms with Crippen LogP contribution in [0.2, 0.25) is 0 Å². The van der Waals surface area contributed by atoms with Gasteiger partial charge in [-0.05, 0) is 26.7 Å². The first kappa shape index (κ1) is 14.8. The van der Waals surface area contributed by atoms with Crippen LogP contribution in [0.4, 0.5) is 0 Å². The van der Waals surface area contributed by atoms with Crippen molar-refractivity contribution in [1.29, 1.82) is 0 Å². The first-order chi connectivity index (χ1) is 10.6. The Bertz CT molecular complexity index is 654. The second kappa shape index (κ2) is 5.94. The van der Waals surface area contributed by atoms with Crippen molar-refractivity contribution in [3.63, 3.8) is 0 Å². The lowest BCUT2D eigenvalue weighted by Crippen LogP contribution is -2.35. The van der Waals surface area contributed by atoms with Crippen molar-refractivity contribution in [2.45, 2.75) is 45.6 Å². The standard InChI is InChI=1S/C16H22N4O2/c1-11-15(12(2)22-18-11)16(21)20-8-6-4-5-7-14(20)13-9-17-19(3)10-13/h9-10,14H,4-8H2,1-3H3/t14-/m0/s1. The summed E-state index contributed by atoms with van der Waals surface area (Å²) in [6.45, 7) is 4.38. The molecule has 118 valence electrons. The Labute approximate surface area is 130 Å². The number of likely N-dealkylation sites (tertiary alicyclic amines) is 1. The number of carbonyl (C=O) groups is 1. The van der Waals surface area contributed by atoms with Crippen LogP contribution in [0.15, 0.2) is 16.9 Å². The lowest BCUT2D eigenvalue weighted by Gasteiger charge is -2.29. The summed E-state index contributed by atoms with van der Waals surface area (Å²) < 4.78 is 6.96. The molecule has 1 fully saturated rings. The maximum absolute atomic E-state index is 13.0. The van der Waals surface area contributed by atoms with Crippen LogP contribution < -0.4 is 0 Å². The van der Waals surface area contributed by atoms with Crippen LogP contribution >= 0.6 is 0 Å². The van der Waals surface area contributed by atoms with Gasteiger partial charge in [-0.1, -0.05) is 18.0 Å². The van der Waals surface area contributed by atoms with E-state index in [1.54, 1.807) is 11.6 Å². The molecule has 3 heterocycles. The van der Waals surface area contributed by atoms with E-state index >= 15 is 0 Å². The molecule has 6 nitrogen and oxygen atoms in total. The van der Waals surface area contributed by atoms with Gasteiger partial charge in [-0.25, -0.2) is 0 Å². The third-order valence-electron chi connectivity index (χ3n) is 4.37. The summed E-state index contributed by atoms with van der Waals surface area (Å²) in [7, 11) is 1.90. The van der Waals surface area contributed by atoms with Gasteiger partial charge < -0.3 is 9.42 Å². The minimum atomic E-state index is 0.0204. The molecule has 2 aromatic rings. The molecule has 0 spiro atoms. The van der Waals surface area contributed by atoms with Crippen molar-refractivity contribution in [2.75, 3.05) is 6.54 Å². The summed E-state index contributed by atoms with van der Waals surface area (Å²) in [6.07, 6.45) is 8.16. The monoisotopic (exact) mass is 302 g/mol. The van der Waals surface area contributed by atoms with Crippen molar-refractivity contribution >= 4 is 5.91 Å². The van der Waals surface area contributed by atoms with E-state index in [1.165, 1.54) is 0 Å². The summed E-state index contributed by atoms with van der Waals surface area (Å²) in [5.74, 6) is 0.615. The lowest BCUT2D eigenvalue weighted by atomic mass is 10.0. The molecule has 1 aliphatic heterocycles. The van der Waals surface area contributed by atoms with Gasteiger partial charge in [-0.2, -0.15) is 5.10 Å². The third kappa shape index (κ3) is 2.65. The van der Waals surface area contributed by atoms with Crippen molar-refractivity contribution in [1.82, 2.24) is 19.8 Å². The second-order valence-corrected chi connectivity index (χ2v) is 6.01. The average molecular weight is 302 g/mol. The molecule has 1 atom stereocenters. The van der Waals surface area contributed by atoms with E-state index in [-0.39, 0.29) is 11.9 Å². The minimum absolute atomic E-state index is 0.0204. The zero-order valence-corrected chi connectivity index (χ0v) is 13.4. The first-order valence-electron chi connectivity index (χ1n) is 7.80. The SMILES string of the molecule is Cc1noc(C)c1C(=O)N1CCCCC[C@H]1c1cnn(C)c1. The number of carbonyl (C=O) groups excluding carboxylic acids is 1. The molecular weight excluding hydrogens is 280 g/mol. The number of hydrogen-bond acceptors (Lipinski definition) is 4. The van der Waals surface area contributed by atoms with Gasteiger partial charge in [0.25, 0.3) is 5.91 Å². The minimum Gasteiger partial charge on any atom is -0.361 e. The molecule has 0 aromatic carbocycles. The van der Waals surface area contributed by atoms with Crippen LogP contribution in [0.3, 0.4) is 0 Å². The fourth-order valence-electron chi connectivity index (χ4n) is 3.24. The smallest absolute Gasteiger partial charge is 0.259 e. The van der Waals surface area contributed by atoms with E-state index < -0.39 is 0 Å². The maximum Gasteiger partial charge on any atom is 0.259 e. The van der Waals surface area contributed by atoms with Gasteiger partial charge in [0.05, 0.1) is 17.9 Å². The Hall–Kier alpha value is -2.11. The molecular formula is C16H22N4O2. The van der Waals surface area contributed by atoms with Gasteiger partial charge >= 0.3 is 0 Å². The number of rotatable bonds is 2. The average Bonchev–Trinajstić information content (AvgIpc) is 2.96. The largest absolute Gasteiger partial charge is 0.361 e. The van der Waals surface area contributed by atoms with E-state index in [2.05, 4.69) is 10.3 Å². The predicted molar refractivity (Wildman–Crippen MR) is 81.4 cm³/mol. The van der Waals surface area contributed by atoms with Crippen molar-refractivity contribution in [3.05, 3.63) is 35.0 Å². The van der Waals surface area contributed by atoms with Crippen LogP contribution in [-0.2, 0) is 7.05 Å². The molecule has 0 aliphatic carbocycles. The lowest BCUT2D eigenvalue weighted by molar-refractivity contribution is 0.0678.